The molecule has 0 radical (unpaired) electrons. The maximum atomic E-state index is 8.90. The van der Waals surface area contributed by atoms with E-state index in [1.54, 1.807) is 17.6 Å². The van der Waals surface area contributed by atoms with Crippen LogP contribution in [-0.2, 0) is 13.1 Å². The molecule has 7 heteroatoms. The summed E-state index contributed by atoms with van der Waals surface area (Å²) < 4.78 is 5.04. The molecule has 26 heavy (non-hydrogen) atoms. The van der Waals surface area contributed by atoms with Gasteiger partial charge in [0, 0.05) is 50.2 Å². The van der Waals surface area contributed by atoms with Crippen LogP contribution in [0, 0.1) is 11.3 Å². The Balaban J connectivity index is 1.31. The van der Waals surface area contributed by atoms with E-state index in [0.29, 0.717) is 5.56 Å². The first-order valence-electron chi connectivity index (χ1n) is 8.57. The maximum Gasteiger partial charge on any atom is 0.180 e. The molecule has 1 aliphatic heterocycles. The molecule has 132 valence electrons. The van der Waals surface area contributed by atoms with Crippen molar-refractivity contribution < 1.29 is 4.42 Å². The highest BCUT2D eigenvalue weighted by molar-refractivity contribution is 7.13. The minimum atomic E-state index is 0.675. The number of nitrogens with zero attached hydrogens (tertiary/aromatic N) is 5. The Morgan fingerprint density at radius 2 is 1.73 bits per heavy atom. The molecule has 3 aromatic rings. The molecule has 1 aromatic carbocycles. The van der Waals surface area contributed by atoms with E-state index in [9.17, 15) is 0 Å². The Labute approximate surface area is 156 Å². The Bertz CT molecular complexity index is 874. The first-order valence-corrected chi connectivity index (χ1v) is 9.45. The van der Waals surface area contributed by atoms with Crippen molar-refractivity contribution in [3.63, 3.8) is 0 Å². The van der Waals surface area contributed by atoms with Crippen LogP contribution in [0.4, 0.5) is 0 Å². The van der Waals surface area contributed by atoms with Crippen LogP contribution in [-0.4, -0.2) is 45.9 Å². The number of nitriles is 1. The molecule has 0 N–H and O–H groups in total. The van der Waals surface area contributed by atoms with Gasteiger partial charge in [0.25, 0.3) is 0 Å². The van der Waals surface area contributed by atoms with Crippen LogP contribution < -0.4 is 0 Å². The summed E-state index contributed by atoms with van der Waals surface area (Å²) in [5.74, 6) is 0. The Morgan fingerprint density at radius 1 is 1.04 bits per heavy atom. The van der Waals surface area contributed by atoms with Gasteiger partial charge in [0.2, 0.25) is 0 Å². The number of oxazole rings is 1. The Morgan fingerprint density at radius 3 is 2.35 bits per heavy atom. The maximum absolute atomic E-state index is 8.90. The van der Waals surface area contributed by atoms with Crippen LogP contribution in [0.1, 0.15) is 17.0 Å². The topological polar surface area (TPSA) is 69.2 Å². The van der Waals surface area contributed by atoms with Crippen molar-refractivity contribution >= 4 is 11.3 Å². The summed E-state index contributed by atoms with van der Waals surface area (Å²) in [5, 5.41) is 12.0. The normalized spacial score (nSPS) is 15.8. The predicted octanol–water partition coefficient (Wildman–Crippen LogP) is 2.99. The number of aromatic nitrogens is 2. The molecule has 0 spiro atoms. The molecular formula is C19H19N5OS. The molecule has 0 amide bonds. The fourth-order valence-corrected chi connectivity index (χ4v) is 3.90. The van der Waals surface area contributed by atoms with E-state index in [1.807, 2.05) is 24.3 Å². The van der Waals surface area contributed by atoms with E-state index >= 15 is 0 Å². The van der Waals surface area contributed by atoms with Gasteiger partial charge in [-0.05, 0) is 12.1 Å². The Kier molecular flexibility index (Phi) is 5.07. The van der Waals surface area contributed by atoms with Crippen molar-refractivity contribution in [2.24, 2.45) is 0 Å². The molecule has 1 aliphatic rings. The van der Waals surface area contributed by atoms with Crippen LogP contribution in [0.2, 0.25) is 0 Å². The van der Waals surface area contributed by atoms with E-state index in [2.05, 4.69) is 26.2 Å². The highest BCUT2D eigenvalue weighted by Crippen LogP contribution is 2.24. The first-order chi connectivity index (χ1) is 12.8. The number of benzene rings is 1. The summed E-state index contributed by atoms with van der Waals surface area (Å²) in [5.41, 5.74) is 3.84. The average Bonchev–Trinajstić information content (AvgIpc) is 3.36. The summed E-state index contributed by atoms with van der Waals surface area (Å²) in [4.78, 5) is 13.8. The van der Waals surface area contributed by atoms with Crippen molar-refractivity contribution in [1.29, 1.82) is 5.26 Å². The van der Waals surface area contributed by atoms with Gasteiger partial charge in [0.1, 0.15) is 11.3 Å². The summed E-state index contributed by atoms with van der Waals surface area (Å²) in [6.07, 6.45) is 3.20. The van der Waals surface area contributed by atoms with Crippen LogP contribution in [0.25, 0.3) is 10.6 Å². The van der Waals surface area contributed by atoms with Gasteiger partial charge < -0.3 is 4.42 Å². The molecule has 0 saturated carbocycles. The van der Waals surface area contributed by atoms with E-state index in [0.717, 1.165) is 61.2 Å². The van der Waals surface area contributed by atoms with Crippen LogP contribution >= 0.6 is 11.3 Å². The summed E-state index contributed by atoms with van der Waals surface area (Å²) >= 11 is 1.66. The third-order valence-electron chi connectivity index (χ3n) is 4.53. The molecule has 0 aliphatic carbocycles. The highest BCUT2D eigenvalue weighted by Gasteiger charge is 2.18. The molecule has 4 rings (SSSR count). The van der Waals surface area contributed by atoms with Crippen molar-refractivity contribution in [1.82, 2.24) is 19.8 Å². The number of piperazine rings is 1. The molecule has 0 atom stereocenters. The zero-order valence-corrected chi connectivity index (χ0v) is 15.2. The second-order valence-corrected chi connectivity index (χ2v) is 7.22. The van der Waals surface area contributed by atoms with Crippen molar-refractivity contribution in [3.8, 4) is 16.6 Å². The molecule has 0 unspecified atom stereocenters. The van der Waals surface area contributed by atoms with Gasteiger partial charge in [0.15, 0.2) is 6.39 Å². The van der Waals surface area contributed by atoms with Gasteiger partial charge in [-0.25, -0.2) is 9.97 Å². The highest BCUT2D eigenvalue weighted by atomic mass is 32.1. The lowest BCUT2D eigenvalue weighted by molar-refractivity contribution is 0.120. The van der Waals surface area contributed by atoms with Gasteiger partial charge in [-0.3, -0.25) is 9.80 Å². The average molecular weight is 365 g/mol. The van der Waals surface area contributed by atoms with Gasteiger partial charge >= 0.3 is 0 Å². The fourth-order valence-electron chi connectivity index (χ4n) is 3.08. The SMILES string of the molecule is N#Cc1ccc(-c2nc(CN3CCN(Cc4cocn4)CC3)cs2)cc1. The third kappa shape index (κ3) is 3.99. The summed E-state index contributed by atoms with van der Waals surface area (Å²) in [6.45, 7) is 5.84. The molecule has 6 nitrogen and oxygen atoms in total. The largest absolute Gasteiger partial charge is 0.451 e. The van der Waals surface area contributed by atoms with Gasteiger partial charge in [0.05, 0.1) is 23.0 Å². The Hall–Kier alpha value is -2.53. The molecule has 0 bridgehead atoms. The predicted molar refractivity (Wildman–Crippen MR) is 99.3 cm³/mol. The molecule has 1 saturated heterocycles. The van der Waals surface area contributed by atoms with Crippen LogP contribution in [0.15, 0.2) is 46.7 Å². The molecule has 1 fully saturated rings. The van der Waals surface area contributed by atoms with Gasteiger partial charge in [-0.1, -0.05) is 12.1 Å². The quantitative estimate of drug-likeness (QED) is 0.692. The fraction of sp³-hybridized carbons (Fsp3) is 0.316. The second kappa shape index (κ2) is 7.79. The number of rotatable bonds is 5. The number of thiazole rings is 1. The smallest absolute Gasteiger partial charge is 0.180 e. The van der Waals surface area contributed by atoms with Gasteiger partial charge in [-0.2, -0.15) is 5.26 Å². The number of hydrogen-bond acceptors (Lipinski definition) is 7. The minimum Gasteiger partial charge on any atom is -0.451 e. The van der Waals surface area contributed by atoms with E-state index in [4.69, 9.17) is 14.7 Å². The molecule has 3 heterocycles. The van der Waals surface area contributed by atoms with Crippen molar-refractivity contribution in [3.05, 3.63) is 59.3 Å². The van der Waals surface area contributed by atoms with Gasteiger partial charge in [-0.15, -0.1) is 11.3 Å². The van der Waals surface area contributed by atoms with E-state index in [1.165, 1.54) is 6.39 Å². The van der Waals surface area contributed by atoms with Crippen molar-refractivity contribution in [2.75, 3.05) is 26.2 Å². The summed E-state index contributed by atoms with van der Waals surface area (Å²) in [6, 6.07) is 9.75. The number of hydrogen-bond donors (Lipinski definition) is 0. The lowest BCUT2D eigenvalue weighted by Gasteiger charge is -2.33. The zero-order valence-electron chi connectivity index (χ0n) is 14.3. The molecular weight excluding hydrogens is 346 g/mol. The lowest BCUT2D eigenvalue weighted by Crippen LogP contribution is -2.45. The standard InChI is InChI=1S/C19H19N5OS/c20-9-15-1-3-16(4-2-15)19-22-18(13-26-19)11-24-7-5-23(6-8-24)10-17-12-25-14-21-17/h1-4,12-14H,5-8,10-11H2. The van der Waals surface area contributed by atoms with Crippen LogP contribution in [0.3, 0.4) is 0 Å². The van der Waals surface area contributed by atoms with Crippen LogP contribution in [0.5, 0.6) is 0 Å². The minimum absolute atomic E-state index is 0.675. The monoisotopic (exact) mass is 365 g/mol. The summed E-state index contributed by atoms with van der Waals surface area (Å²) in [7, 11) is 0. The first kappa shape index (κ1) is 16.9. The molecule has 2 aromatic heterocycles. The second-order valence-electron chi connectivity index (χ2n) is 6.37. The zero-order chi connectivity index (χ0) is 17.8. The third-order valence-corrected chi connectivity index (χ3v) is 5.47. The lowest BCUT2D eigenvalue weighted by atomic mass is 10.1. The van der Waals surface area contributed by atoms with Crippen molar-refractivity contribution in [2.45, 2.75) is 13.1 Å². The van der Waals surface area contributed by atoms with E-state index < -0.39 is 0 Å². The van der Waals surface area contributed by atoms with E-state index in [-0.39, 0.29) is 0 Å².